The molecular weight excluding hydrogens is 258 g/mol. The maximum Gasteiger partial charge on any atom is 0.131 e. The van der Waals surface area contributed by atoms with Gasteiger partial charge in [0.25, 0.3) is 0 Å². The number of benzene rings is 1. The van der Waals surface area contributed by atoms with Crippen molar-refractivity contribution in [1.29, 1.82) is 0 Å². The summed E-state index contributed by atoms with van der Waals surface area (Å²) < 4.78 is 0. The Morgan fingerprint density at radius 2 is 2.05 bits per heavy atom. The number of hydrogen-bond donors (Lipinski definition) is 1. The average Bonchev–Trinajstić information content (AvgIpc) is 2.90. The first kappa shape index (κ1) is 14.1. The van der Waals surface area contributed by atoms with Crippen molar-refractivity contribution in [3.8, 4) is 0 Å². The summed E-state index contributed by atoms with van der Waals surface area (Å²) in [6.07, 6.45) is 4.27. The van der Waals surface area contributed by atoms with Gasteiger partial charge in [-0.05, 0) is 49.2 Å². The van der Waals surface area contributed by atoms with E-state index in [1.807, 2.05) is 7.05 Å². The van der Waals surface area contributed by atoms with Gasteiger partial charge in [-0.2, -0.15) is 0 Å². The van der Waals surface area contributed by atoms with Crippen LogP contribution in [0.1, 0.15) is 29.0 Å². The van der Waals surface area contributed by atoms with Gasteiger partial charge in [0.2, 0.25) is 0 Å². The molecule has 1 unspecified atom stereocenters. The van der Waals surface area contributed by atoms with E-state index in [9.17, 15) is 0 Å². The van der Waals surface area contributed by atoms with Crippen LogP contribution < -0.4 is 10.2 Å². The zero-order valence-electron chi connectivity index (χ0n) is 12.8. The van der Waals surface area contributed by atoms with Gasteiger partial charge in [-0.25, -0.2) is 4.98 Å². The summed E-state index contributed by atoms with van der Waals surface area (Å²) in [4.78, 5) is 6.94. The highest BCUT2D eigenvalue weighted by Crippen LogP contribution is 2.32. The van der Waals surface area contributed by atoms with Crippen LogP contribution in [0.4, 0.5) is 5.82 Å². The number of rotatable bonds is 5. The third-order valence-electron chi connectivity index (χ3n) is 4.33. The molecular formula is C18H23N3. The van der Waals surface area contributed by atoms with Crippen LogP contribution >= 0.6 is 0 Å². The van der Waals surface area contributed by atoms with Gasteiger partial charge in [-0.3, -0.25) is 0 Å². The molecule has 1 aliphatic heterocycles. The minimum atomic E-state index is 0.419. The van der Waals surface area contributed by atoms with Crippen LogP contribution in [0.5, 0.6) is 0 Å². The van der Waals surface area contributed by atoms with Crippen molar-refractivity contribution < 1.29 is 0 Å². The molecule has 2 heterocycles. The maximum atomic E-state index is 4.70. The normalized spacial score (nSPS) is 15.0. The summed E-state index contributed by atoms with van der Waals surface area (Å²) in [5.41, 5.74) is 4.10. The minimum absolute atomic E-state index is 0.419. The Hall–Kier alpha value is -1.87. The van der Waals surface area contributed by atoms with Gasteiger partial charge < -0.3 is 10.2 Å². The molecule has 0 bridgehead atoms. The molecule has 1 aliphatic rings. The summed E-state index contributed by atoms with van der Waals surface area (Å²) in [7, 11) is 4.13. The number of pyridine rings is 1. The minimum Gasteiger partial charge on any atom is -0.359 e. The number of nitrogens with zero attached hydrogens (tertiary/aromatic N) is 2. The lowest BCUT2D eigenvalue weighted by Gasteiger charge is -2.19. The molecule has 3 nitrogen and oxygen atoms in total. The van der Waals surface area contributed by atoms with Crippen LogP contribution in [0.25, 0.3) is 0 Å². The lowest BCUT2D eigenvalue weighted by atomic mass is 9.88. The Labute approximate surface area is 127 Å². The van der Waals surface area contributed by atoms with Gasteiger partial charge in [-0.1, -0.05) is 30.3 Å². The summed E-state index contributed by atoms with van der Waals surface area (Å²) in [6, 6.07) is 13.1. The Balaban J connectivity index is 1.93. The second-order valence-corrected chi connectivity index (χ2v) is 5.78. The Bertz CT molecular complexity index is 595. The standard InChI is InChI=1S/C18H23N3/c1-19-10-8-17(14-6-4-3-5-7-14)16-12-15-9-11-21(2)18(15)20-13-16/h3-7,12-13,17,19H,8-11H2,1-2H3. The van der Waals surface area contributed by atoms with E-state index in [0.717, 1.165) is 31.7 Å². The first-order valence-corrected chi connectivity index (χ1v) is 7.69. The van der Waals surface area contributed by atoms with Crippen molar-refractivity contribution in [2.45, 2.75) is 18.8 Å². The number of aromatic nitrogens is 1. The lowest BCUT2D eigenvalue weighted by molar-refractivity contribution is 0.659. The summed E-state index contributed by atoms with van der Waals surface area (Å²) in [6.45, 7) is 2.09. The summed E-state index contributed by atoms with van der Waals surface area (Å²) in [5.74, 6) is 1.57. The molecule has 3 rings (SSSR count). The van der Waals surface area contributed by atoms with Crippen LogP contribution in [0.15, 0.2) is 42.6 Å². The van der Waals surface area contributed by atoms with E-state index < -0.39 is 0 Å². The highest BCUT2D eigenvalue weighted by molar-refractivity contribution is 5.53. The fourth-order valence-corrected chi connectivity index (χ4v) is 3.13. The maximum absolute atomic E-state index is 4.70. The number of likely N-dealkylation sites (N-methyl/N-ethyl adjacent to an activating group) is 1. The number of nitrogens with one attached hydrogen (secondary N) is 1. The molecule has 21 heavy (non-hydrogen) atoms. The van der Waals surface area contributed by atoms with E-state index in [1.54, 1.807) is 0 Å². The topological polar surface area (TPSA) is 28.2 Å². The number of hydrogen-bond acceptors (Lipinski definition) is 3. The molecule has 3 heteroatoms. The van der Waals surface area contributed by atoms with Gasteiger partial charge in [0.15, 0.2) is 0 Å². The molecule has 1 aromatic heterocycles. The van der Waals surface area contributed by atoms with Crippen LogP contribution in [0.2, 0.25) is 0 Å². The second-order valence-electron chi connectivity index (χ2n) is 5.78. The van der Waals surface area contributed by atoms with Crippen molar-refractivity contribution in [2.24, 2.45) is 0 Å². The predicted octanol–water partition coefficient (Wildman–Crippen LogP) is 2.82. The molecule has 0 saturated heterocycles. The fraction of sp³-hybridized carbons (Fsp3) is 0.389. The van der Waals surface area contributed by atoms with E-state index in [-0.39, 0.29) is 0 Å². The van der Waals surface area contributed by atoms with Crippen molar-refractivity contribution in [1.82, 2.24) is 10.3 Å². The van der Waals surface area contributed by atoms with E-state index >= 15 is 0 Å². The van der Waals surface area contributed by atoms with E-state index in [2.05, 4.69) is 59.9 Å². The smallest absolute Gasteiger partial charge is 0.131 e. The van der Waals surface area contributed by atoms with Crippen molar-refractivity contribution in [3.63, 3.8) is 0 Å². The average molecular weight is 281 g/mol. The zero-order valence-corrected chi connectivity index (χ0v) is 12.8. The van der Waals surface area contributed by atoms with Gasteiger partial charge in [-0.15, -0.1) is 0 Å². The third kappa shape index (κ3) is 2.93. The molecule has 1 atom stereocenters. The molecule has 1 N–H and O–H groups in total. The van der Waals surface area contributed by atoms with Gasteiger partial charge in [0, 0.05) is 25.7 Å². The SMILES string of the molecule is CNCCC(c1ccccc1)c1cnc2c(c1)CCN2C. The van der Waals surface area contributed by atoms with Crippen LogP contribution in [0, 0.1) is 0 Å². The number of anilines is 1. The Morgan fingerprint density at radius 3 is 2.81 bits per heavy atom. The van der Waals surface area contributed by atoms with Crippen LogP contribution in [-0.2, 0) is 6.42 Å². The Kier molecular flexibility index (Phi) is 4.20. The Morgan fingerprint density at radius 1 is 1.24 bits per heavy atom. The summed E-state index contributed by atoms with van der Waals surface area (Å²) >= 11 is 0. The molecule has 110 valence electrons. The fourth-order valence-electron chi connectivity index (χ4n) is 3.13. The molecule has 0 spiro atoms. The molecule has 0 fully saturated rings. The molecule has 0 aliphatic carbocycles. The lowest BCUT2D eigenvalue weighted by Crippen LogP contribution is -2.15. The molecule has 0 saturated carbocycles. The predicted molar refractivity (Wildman–Crippen MR) is 88.0 cm³/mol. The van der Waals surface area contributed by atoms with Crippen LogP contribution in [0.3, 0.4) is 0 Å². The van der Waals surface area contributed by atoms with Crippen molar-refractivity contribution in [2.75, 3.05) is 32.1 Å². The van der Waals surface area contributed by atoms with Crippen molar-refractivity contribution in [3.05, 3.63) is 59.3 Å². The quantitative estimate of drug-likeness (QED) is 0.913. The first-order chi connectivity index (χ1) is 10.3. The van der Waals surface area contributed by atoms with E-state index in [1.165, 1.54) is 16.7 Å². The number of fused-ring (bicyclic) bond motifs is 1. The molecule has 1 aromatic carbocycles. The zero-order chi connectivity index (χ0) is 14.7. The van der Waals surface area contributed by atoms with Gasteiger partial charge in [0.1, 0.15) is 5.82 Å². The summed E-state index contributed by atoms with van der Waals surface area (Å²) in [5, 5.41) is 3.27. The van der Waals surface area contributed by atoms with E-state index in [0.29, 0.717) is 5.92 Å². The highest BCUT2D eigenvalue weighted by Gasteiger charge is 2.20. The third-order valence-corrected chi connectivity index (χ3v) is 4.33. The van der Waals surface area contributed by atoms with Gasteiger partial charge in [0.05, 0.1) is 0 Å². The van der Waals surface area contributed by atoms with Gasteiger partial charge >= 0.3 is 0 Å². The van der Waals surface area contributed by atoms with Crippen LogP contribution in [-0.4, -0.2) is 32.2 Å². The molecule has 0 radical (unpaired) electrons. The van der Waals surface area contributed by atoms with Crippen molar-refractivity contribution >= 4 is 5.82 Å². The monoisotopic (exact) mass is 281 g/mol. The molecule has 2 aromatic rings. The largest absolute Gasteiger partial charge is 0.359 e. The highest BCUT2D eigenvalue weighted by atomic mass is 15.2. The second kappa shape index (κ2) is 6.27. The first-order valence-electron chi connectivity index (χ1n) is 7.69. The van der Waals surface area contributed by atoms with E-state index in [4.69, 9.17) is 4.98 Å². The molecule has 0 amide bonds.